The van der Waals surface area contributed by atoms with E-state index in [2.05, 4.69) is 9.97 Å². The number of hydrogen-bond acceptors (Lipinski definition) is 3. The molecule has 0 bridgehead atoms. The van der Waals surface area contributed by atoms with Crippen molar-refractivity contribution >= 4 is 0 Å². The molecule has 0 saturated carbocycles. The highest BCUT2D eigenvalue weighted by Crippen LogP contribution is 2.31. The number of alkyl halides is 3. The van der Waals surface area contributed by atoms with E-state index in [1.165, 1.54) is 24.5 Å². The van der Waals surface area contributed by atoms with Crippen molar-refractivity contribution in [3.8, 4) is 11.6 Å². The van der Waals surface area contributed by atoms with Gasteiger partial charge < -0.3 is 4.74 Å². The average Bonchev–Trinajstić information content (AvgIpc) is 2.32. The van der Waals surface area contributed by atoms with Crippen molar-refractivity contribution in [2.75, 3.05) is 0 Å². The number of halogens is 3. The molecule has 0 N–H and O–H groups in total. The normalized spacial score (nSPS) is 11.3. The van der Waals surface area contributed by atoms with E-state index in [0.717, 1.165) is 12.1 Å². The molecular formula is C12H9F3N2O. The van der Waals surface area contributed by atoms with E-state index in [9.17, 15) is 13.2 Å². The van der Waals surface area contributed by atoms with Crippen molar-refractivity contribution in [3.05, 3.63) is 47.9 Å². The highest BCUT2D eigenvalue weighted by molar-refractivity contribution is 5.32. The molecule has 0 unspecified atom stereocenters. The van der Waals surface area contributed by atoms with Crippen LogP contribution < -0.4 is 4.74 Å². The van der Waals surface area contributed by atoms with Gasteiger partial charge in [0.1, 0.15) is 5.75 Å². The van der Waals surface area contributed by atoms with Crippen LogP contribution in [0.4, 0.5) is 13.2 Å². The molecule has 0 fully saturated rings. The smallest absolute Gasteiger partial charge is 0.416 e. The zero-order valence-electron chi connectivity index (χ0n) is 9.40. The van der Waals surface area contributed by atoms with Crippen LogP contribution >= 0.6 is 0 Å². The monoisotopic (exact) mass is 254 g/mol. The van der Waals surface area contributed by atoms with Crippen molar-refractivity contribution < 1.29 is 17.9 Å². The molecular weight excluding hydrogens is 245 g/mol. The molecule has 6 heteroatoms. The Morgan fingerprint density at radius 2 is 1.61 bits per heavy atom. The third-order valence-electron chi connectivity index (χ3n) is 2.23. The van der Waals surface area contributed by atoms with Gasteiger partial charge in [-0.1, -0.05) is 0 Å². The second-order valence-electron chi connectivity index (χ2n) is 3.57. The van der Waals surface area contributed by atoms with Gasteiger partial charge in [-0.25, -0.2) is 4.98 Å². The summed E-state index contributed by atoms with van der Waals surface area (Å²) in [6, 6.07) is 4.41. The SMILES string of the molecule is Cc1nccnc1Oc1ccc(C(F)(F)F)cc1. The molecule has 0 radical (unpaired) electrons. The summed E-state index contributed by atoms with van der Waals surface area (Å²) in [6.07, 6.45) is -1.39. The van der Waals surface area contributed by atoms with Crippen LogP contribution in [0.15, 0.2) is 36.7 Å². The van der Waals surface area contributed by atoms with Crippen molar-refractivity contribution in [1.82, 2.24) is 9.97 Å². The van der Waals surface area contributed by atoms with Crippen molar-refractivity contribution in [2.24, 2.45) is 0 Å². The van der Waals surface area contributed by atoms with Crippen LogP contribution in [0.1, 0.15) is 11.3 Å². The lowest BCUT2D eigenvalue weighted by atomic mass is 10.2. The minimum Gasteiger partial charge on any atom is -0.437 e. The summed E-state index contributed by atoms with van der Waals surface area (Å²) in [5, 5.41) is 0. The fourth-order valence-corrected chi connectivity index (χ4v) is 1.32. The summed E-state index contributed by atoms with van der Waals surface area (Å²) >= 11 is 0. The number of nitrogens with zero attached hydrogens (tertiary/aromatic N) is 2. The van der Waals surface area contributed by atoms with Crippen LogP contribution in [-0.4, -0.2) is 9.97 Å². The largest absolute Gasteiger partial charge is 0.437 e. The maximum Gasteiger partial charge on any atom is 0.416 e. The Bertz CT molecular complexity index is 538. The molecule has 0 aliphatic heterocycles. The first-order valence-corrected chi connectivity index (χ1v) is 5.09. The van der Waals surface area contributed by atoms with Crippen molar-refractivity contribution in [3.63, 3.8) is 0 Å². The lowest BCUT2D eigenvalue weighted by molar-refractivity contribution is -0.137. The summed E-state index contributed by atoms with van der Waals surface area (Å²) in [6.45, 7) is 1.70. The van der Waals surface area contributed by atoms with Gasteiger partial charge in [0.15, 0.2) is 0 Å². The Hall–Kier alpha value is -2.11. The molecule has 1 aromatic carbocycles. The maximum atomic E-state index is 12.3. The predicted molar refractivity (Wildman–Crippen MR) is 58.3 cm³/mol. The number of ether oxygens (including phenoxy) is 1. The molecule has 0 aliphatic rings. The second-order valence-corrected chi connectivity index (χ2v) is 3.57. The summed E-state index contributed by atoms with van der Waals surface area (Å²) < 4.78 is 42.4. The summed E-state index contributed by atoms with van der Waals surface area (Å²) in [5.41, 5.74) is -0.150. The molecule has 94 valence electrons. The van der Waals surface area contributed by atoms with Crippen LogP contribution in [0.25, 0.3) is 0 Å². The van der Waals surface area contributed by atoms with E-state index < -0.39 is 11.7 Å². The molecule has 3 nitrogen and oxygen atoms in total. The van der Waals surface area contributed by atoms with Crippen molar-refractivity contribution in [2.45, 2.75) is 13.1 Å². The Kier molecular flexibility index (Phi) is 3.18. The standard InChI is InChI=1S/C12H9F3N2O/c1-8-11(17-7-6-16-8)18-10-4-2-9(3-5-10)12(13,14)15/h2-7H,1H3. The molecule has 0 atom stereocenters. The maximum absolute atomic E-state index is 12.3. The lowest BCUT2D eigenvalue weighted by Crippen LogP contribution is -2.04. The number of aryl methyl sites for hydroxylation is 1. The van der Waals surface area contributed by atoms with E-state index in [1.54, 1.807) is 6.92 Å². The fourth-order valence-electron chi connectivity index (χ4n) is 1.32. The van der Waals surface area contributed by atoms with Crippen LogP contribution in [0.3, 0.4) is 0 Å². The summed E-state index contributed by atoms with van der Waals surface area (Å²) in [4.78, 5) is 7.90. The Morgan fingerprint density at radius 3 is 2.17 bits per heavy atom. The van der Waals surface area contributed by atoms with Gasteiger partial charge in [0.25, 0.3) is 0 Å². The van der Waals surface area contributed by atoms with Crippen LogP contribution in [0.2, 0.25) is 0 Å². The number of benzene rings is 1. The molecule has 2 aromatic rings. The molecule has 18 heavy (non-hydrogen) atoms. The van der Waals surface area contributed by atoms with Crippen LogP contribution in [-0.2, 0) is 6.18 Å². The molecule has 0 aliphatic carbocycles. The van der Waals surface area contributed by atoms with Gasteiger partial charge in [0, 0.05) is 12.4 Å². The zero-order valence-corrected chi connectivity index (χ0v) is 9.40. The minimum atomic E-state index is -4.35. The van der Waals surface area contributed by atoms with Crippen molar-refractivity contribution in [1.29, 1.82) is 0 Å². The highest BCUT2D eigenvalue weighted by atomic mass is 19.4. The average molecular weight is 254 g/mol. The van der Waals surface area contributed by atoms with E-state index >= 15 is 0 Å². The van der Waals surface area contributed by atoms with E-state index in [4.69, 9.17) is 4.74 Å². The quantitative estimate of drug-likeness (QED) is 0.821. The van der Waals surface area contributed by atoms with Gasteiger partial charge in [0.05, 0.1) is 11.3 Å². The molecule has 0 spiro atoms. The summed E-state index contributed by atoms with van der Waals surface area (Å²) in [7, 11) is 0. The van der Waals surface area contributed by atoms with E-state index in [1.807, 2.05) is 0 Å². The lowest BCUT2D eigenvalue weighted by Gasteiger charge is -2.09. The molecule has 1 heterocycles. The van der Waals surface area contributed by atoms with Gasteiger partial charge in [-0.15, -0.1) is 0 Å². The Labute approximate surface area is 101 Å². The zero-order chi connectivity index (χ0) is 13.2. The minimum absolute atomic E-state index is 0.275. The molecule has 1 aromatic heterocycles. The van der Waals surface area contributed by atoms with Gasteiger partial charge in [-0.2, -0.15) is 13.2 Å². The van der Waals surface area contributed by atoms with Gasteiger partial charge in [-0.05, 0) is 31.2 Å². The predicted octanol–water partition coefficient (Wildman–Crippen LogP) is 3.60. The third kappa shape index (κ3) is 2.77. The first-order valence-electron chi connectivity index (χ1n) is 5.09. The van der Waals surface area contributed by atoms with Gasteiger partial charge >= 0.3 is 6.18 Å². The van der Waals surface area contributed by atoms with E-state index in [-0.39, 0.29) is 11.6 Å². The fraction of sp³-hybridized carbons (Fsp3) is 0.167. The Morgan fingerprint density at radius 1 is 1.00 bits per heavy atom. The van der Waals surface area contributed by atoms with E-state index in [0.29, 0.717) is 5.69 Å². The topological polar surface area (TPSA) is 35.0 Å². The molecule has 0 saturated heterocycles. The highest BCUT2D eigenvalue weighted by Gasteiger charge is 2.30. The first kappa shape index (κ1) is 12.3. The molecule has 0 amide bonds. The summed E-state index contributed by atoms with van der Waals surface area (Å²) in [5.74, 6) is 0.559. The number of hydrogen-bond donors (Lipinski definition) is 0. The Balaban J connectivity index is 2.19. The second kappa shape index (κ2) is 4.64. The number of rotatable bonds is 2. The number of aromatic nitrogens is 2. The first-order chi connectivity index (χ1) is 8.47. The van der Waals surface area contributed by atoms with Crippen LogP contribution in [0.5, 0.6) is 11.6 Å². The van der Waals surface area contributed by atoms with Crippen LogP contribution in [0, 0.1) is 6.92 Å². The van der Waals surface area contributed by atoms with Gasteiger partial charge in [-0.3, -0.25) is 4.98 Å². The third-order valence-corrected chi connectivity index (χ3v) is 2.23. The molecule has 2 rings (SSSR count). The van der Waals surface area contributed by atoms with Gasteiger partial charge in [0.2, 0.25) is 5.88 Å².